The molecule has 1 aromatic heterocycles. The Morgan fingerprint density at radius 3 is 2.44 bits per heavy atom. The minimum Gasteiger partial charge on any atom is -0.395 e. The highest BCUT2D eigenvalue weighted by molar-refractivity contribution is 7.14. The molecule has 0 saturated carbocycles. The van der Waals surface area contributed by atoms with Gasteiger partial charge in [-0.3, -0.25) is 4.79 Å². The van der Waals surface area contributed by atoms with Crippen LogP contribution in [0.3, 0.4) is 0 Å². The van der Waals surface area contributed by atoms with Crippen molar-refractivity contribution in [1.29, 1.82) is 0 Å². The molecular weight excluding hydrogens is 254 g/mol. The van der Waals surface area contributed by atoms with E-state index in [0.29, 0.717) is 9.75 Å². The fourth-order valence-corrected chi connectivity index (χ4v) is 2.21. The van der Waals surface area contributed by atoms with Crippen molar-refractivity contribution in [3.05, 3.63) is 21.9 Å². The van der Waals surface area contributed by atoms with Gasteiger partial charge in [-0.05, 0) is 12.1 Å². The SMILES string of the molecule is O=C(c1ccc(C#CCO)s1)N(CCO)CCO. The lowest BCUT2D eigenvalue weighted by atomic mass is 10.3. The summed E-state index contributed by atoms with van der Waals surface area (Å²) in [5.41, 5.74) is 0. The Hall–Kier alpha value is -1.39. The largest absolute Gasteiger partial charge is 0.395 e. The molecule has 18 heavy (non-hydrogen) atoms. The third kappa shape index (κ3) is 4.13. The molecule has 0 saturated heterocycles. The van der Waals surface area contributed by atoms with Crippen molar-refractivity contribution in [2.24, 2.45) is 0 Å². The van der Waals surface area contributed by atoms with E-state index in [2.05, 4.69) is 11.8 Å². The van der Waals surface area contributed by atoms with E-state index in [9.17, 15) is 4.79 Å². The van der Waals surface area contributed by atoms with Crippen LogP contribution in [0.5, 0.6) is 0 Å². The van der Waals surface area contributed by atoms with E-state index in [1.807, 2.05) is 0 Å². The second-order valence-electron chi connectivity index (χ2n) is 3.36. The van der Waals surface area contributed by atoms with Gasteiger partial charge >= 0.3 is 0 Å². The van der Waals surface area contributed by atoms with Gasteiger partial charge in [0.2, 0.25) is 0 Å². The Balaban J connectivity index is 2.78. The molecule has 0 atom stereocenters. The topological polar surface area (TPSA) is 81.0 Å². The number of amides is 1. The van der Waals surface area contributed by atoms with Crippen LogP contribution < -0.4 is 0 Å². The molecule has 3 N–H and O–H groups in total. The lowest BCUT2D eigenvalue weighted by molar-refractivity contribution is 0.0689. The number of rotatable bonds is 5. The molecule has 5 nitrogen and oxygen atoms in total. The number of carbonyl (C=O) groups is 1. The van der Waals surface area contributed by atoms with Gasteiger partial charge in [0.15, 0.2) is 0 Å². The van der Waals surface area contributed by atoms with Gasteiger partial charge in [0.1, 0.15) is 6.61 Å². The Kier molecular flexibility index (Phi) is 6.39. The van der Waals surface area contributed by atoms with Crippen molar-refractivity contribution >= 4 is 17.2 Å². The smallest absolute Gasteiger partial charge is 0.264 e. The Bertz CT molecular complexity index is 440. The third-order valence-corrected chi connectivity index (χ3v) is 3.12. The van der Waals surface area contributed by atoms with Gasteiger partial charge in [0.05, 0.1) is 23.0 Å². The zero-order valence-corrected chi connectivity index (χ0v) is 10.6. The average molecular weight is 269 g/mol. The molecule has 1 aromatic rings. The van der Waals surface area contributed by atoms with Gasteiger partial charge in [0, 0.05) is 13.1 Å². The lowest BCUT2D eigenvalue weighted by Crippen LogP contribution is -2.35. The second-order valence-corrected chi connectivity index (χ2v) is 4.45. The zero-order chi connectivity index (χ0) is 13.4. The molecule has 0 radical (unpaired) electrons. The molecule has 1 heterocycles. The van der Waals surface area contributed by atoms with Crippen LogP contribution in [0.4, 0.5) is 0 Å². The van der Waals surface area contributed by atoms with Crippen LogP contribution in [0.1, 0.15) is 14.5 Å². The van der Waals surface area contributed by atoms with Crippen LogP contribution in [-0.2, 0) is 0 Å². The molecule has 0 spiro atoms. The Morgan fingerprint density at radius 2 is 1.89 bits per heavy atom. The average Bonchev–Trinajstić information content (AvgIpc) is 2.84. The summed E-state index contributed by atoms with van der Waals surface area (Å²) in [4.78, 5) is 14.6. The van der Waals surface area contributed by atoms with Crippen molar-refractivity contribution < 1.29 is 20.1 Å². The number of carbonyl (C=O) groups excluding carboxylic acids is 1. The number of thiophene rings is 1. The summed E-state index contributed by atoms with van der Waals surface area (Å²) in [6.07, 6.45) is 0. The highest BCUT2D eigenvalue weighted by Crippen LogP contribution is 2.17. The number of aliphatic hydroxyl groups excluding tert-OH is 3. The first kappa shape index (κ1) is 14.7. The van der Waals surface area contributed by atoms with Gasteiger partial charge in [-0.2, -0.15) is 0 Å². The van der Waals surface area contributed by atoms with E-state index in [-0.39, 0.29) is 38.8 Å². The van der Waals surface area contributed by atoms with E-state index < -0.39 is 0 Å². The van der Waals surface area contributed by atoms with E-state index in [1.54, 1.807) is 12.1 Å². The summed E-state index contributed by atoms with van der Waals surface area (Å²) < 4.78 is 0. The molecule has 0 unspecified atom stereocenters. The normalized spacial score (nSPS) is 9.72. The molecule has 98 valence electrons. The van der Waals surface area contributed by atoms with Crippen molar-refractivity contribution in [3.63, 3.8) is 0 Å². The third-order valence-electron chi connectivity index (χ3n) is 2.13. The standard InChI is InChI=1S/C12H15NO4S/c14-7-1-2-10-3-4-11(18-10)12(17)13(5-8-15)6-9-16/h3-4,14-16H,5-9H2. The summed E-state index contributed by atoms with van der Waals surface area (Å²) in [5, 5.41) is 26.3. The van der Waals surface area contributed by atoms with Gasteiger partial charge in [-0.1, -0.05) is 11.8 Å². The molecule has 0 aromatic carbocycles. The van der Waals surface area contributed by atoms with Crippen LogP contribution >= 0.6 is 11.3 Å². The van der Waals surface area contributed by atoms with Crippen LogP contribution in [0, 0.1) is 11.8 Å². The Morgan fingerprint density at radius 1 is 1.22 bits per heavy atom. The van der Waals surface area contributed by atoms with Gasteiger partial charge in [0.25, 0.3) is 5.91 Å². The minimum atomic E-state index is -0.236. The minimum absolute atomic E-state index is 0.145. The first-order valence-electron chi connectivity index (χ1n) is 5.43. The lowest BCUT2D eigenvalue weighted by Gasteiger charge is -2.19. The van der Waals surface area contributed by atoms with Crippen LogP contribution in [0.15, 0.2) is 12.1 Å². The fraction of sp³-hybridized carbons (Fsp3) is 0.417. The van der Waals surface area contributed by atoms with E-state index in [4.69, 9.17) is 15.3 Å². The van der Waals surface area contributed by atoms with Crippen LogP contribution in [-0.4, -0.2) is 59.0 Å². The number of nitrogens with zero attached hydrogens (tertiary/aromatic N) is 1. The summed E-state index contributed by atoms with van der Waals surface area (Å²) in [6.45, 7) is -0.130. The molecular formula is C12H15NO4S. The van der Waals surface area contributed by atoms with Crippen molar-refractivity contribution in [3.8, 4) is 11.8 Å². The van der Waals surface area contributed by atoms with Crippen molar-refractivity contribution in [2.45, 2.75) is 0 Å². The second kappa shape index (κ2) is 7.84. The van der Waals surface area contributed by atoms with E-state index >= 15 is 0 Å². The molecule has 0 aliphatic rings. The van der Waals surface area contributed by atoms with Gasteiger partial charge < -0.3 is 20.2 Å². The van der Waals surface area contributed by atoms with Crippen molar-refractivity contribution in [1.82, 2.24) is 4.90 Å². The first-order valence-corrected chi connectivity index (χ1v) is 6.25. The monoisotopic (exact) mass is 269 g/mol. The number of hydrogen-bond donors (Lipinski definition) is 3. The molecule has 1 amide bonds. The predicted octanol–water partition coefficient (Wildman–Crippen LogP) is -0.481. The van der Waals surface area contributed by atoms with Gasteiger partial charge in [-0.25, -0.2) is 0 Å². The van der Waals surface area contributed by atoms with Crippen LogP contribution in [0.25, 0.3) is 0 Å². The summed E-state index contributed by atoms with van der Waals surface area (Å²) in [6, 6.07) is 3.35. The maximum atomic E-state index is 12.0. The zero-order valence-electron chi connectivity index (χ0n) is 9.80. The molecule has 1 rings (SSSR count). The summed E-state index contributed by atoms with van der Waals surface area (Å²) in [5.74, 6) is 4.99. The molecule has 0 fully saturated rings. The molecule has 0 bridgehead atoms. The molecule has 0 aliphatic heterocycles. The summed E-state index contributed by atoms with van der Waals surface area (Å²) in [7, 11) is 0. The van der Waals surface area contributed by atoms with E-state index in [1.165, 1.54) is 16.2 Å². The highest BCUT2D eigenvalue weighted by atomic mass is 32.1. The first-order chi connectivity index (χ1) is 8.72. The maximum Gasteiger partial charge on any atom is 0.264 e. The van der Waals surface area contributed by atoms with Gasteiger partial charge in [-0.15, -0.1) is 11.3 Å². The van der Waals surface area contributed by atoms with Crippen LogP contribution in [0.2, 0.25) is 0 Å². The molecule has 6 heteroatoms. The maximum absolute atomic E-state index is 12.0. The fourth-order valence-electron chi connectivity index (χ4n) is 1.36. The van der Waals surface area contributed by atoms with E-state index in [0.717, 1.165) is 0 Å². The number of hydrogen-bond acceptors (Lipinski definition) is 5. The molecule has 0 aliphatic carbocycles. The quantitative estimate of drug-likeness (QED) is 0.631. The number of aliphatic hydroxyl groups is 3. The van der Waals surface area contributed by atoms with Crippen molar-refractivity contribution in [2.75, 3.05) is 32.9 Å². The Labute approximate surface area is 109 Å². The summed E-state index contributed by atoms with van der Waals surface area (Å²) >= 11 is 1.22. The highest BCUT2D eigenvalue weighted by Gasteiger charge is 2.16. The predicted molar refractivity (Wildman–Crippen MR) is 68.4 cm³/mol.